The van der Waals surface area contributed by atoms with E-state index in [1.807, 2.05) is 6.08 Å². The van der Waals surface area contributed by atoms with Gasteiger partial charge in [-0.3, -0.25) is 13.8 Å². The highest BCUT2D eigenvalue weighted by atomic mass is 31.2. The van der Waals surface area contributed by atoms with Crippen LogP contribution >= 0.6 is 7.82 Å². The molecule has 0 aromatic rings. The molecule has 1 amide bonds. The summed E-state index contributed by atoms with van der Waals surface area (Å²) in [5, 5.41) is 23.7. The van der Waals surface area contributed by atoms with Crippen molar-refractivity contribution in [2.24, 2.45) is 5.73 Å². The van der Waals surface area contributed by atoms with E-state index in [2.05, 4.69) is 31.3 Å². The zero-order chi connectivity index (χ0) is 33.4. The molecule has 0 aliphatic rings. The SMILES string of the molecule is CCCCCCCCCCCC/C=C/CC/C=C/C(O)C(COP(=O)(O)OCCN)NC(=O)CC(O)CCCCCCCCC. The fourth-order valence-corrected chi connectivity index (χ4v) is 5.83. The summed E-state index contributed by atoms with van der Waals surface area (Å²) in [7, 11) is -4.39. The van der Waals surface area contributed by atoms with Gasteiger partial charge in [-0.2, -0.15) is 0 Å². The number of phosphoric acid groups is 1. The van der Waals surface area contributed by atoms with Crippen molar-refractivity contribution in [1.29, 1.82) is 0 Å². The zero-order valence-corrected chi connectivity index (χ0v) is 29.6. The highest BCUT2D eigenvalue weighted by Gasteiger charge is 2.27. The Bertz CT molecular complexity index is 781. The molecule has 45 heavy (non-hydrogen) atoms. The molecular weight excluding hydrogens is 591 g/mol. The first-order valence-corrected chi connectivity index (χ1v) is 19.5. The van der Waals surface area contributed by atoms with Gasteiger partial charge in [-0.1, -0.05) is 141 Å². The number of amides is 1. The Kier molecular flexibility index (Phi) is 30.8. The normalized spacial score (nSPS) is 15.4. The van der Waals surface area contributed by atoms with E-state index in [-0.39, 0.29) is 19.6 Å². The van der Waals surface area contributed by atoms with Gasteiger partial charge in [-0.25, -0.2) is 4.57 Å². The third-order valence-corrected chi connectivity index (χ3v) is 8.82. The zero-order valence-electron chi connectivity index (χ0n) is 28.7. The van der Waals surface area contributed by atoms with Gasteiger partial charge in [0.15, 0.2) is 0 Å². The van der Waals surface area contributed by atoms with Crippen LogP contribution in [-0.2, 0) is 18.4 Å². The molecule has 0 saturated heterocycles. The van der Waals surface area contributed by atoms with Crippen molar-refractivity contribution < 1.29 is 33.5 Å². The number of hydrogen-bond donors (Lipinski definition) is 5. The van der Waals surface area contributed by atoms with Crippen molar-refractivity contribution in [3.05, 3.63) is 24.3 Å². The summed E-state index contributed by atoms with van der Waals surface area (Å²) in [5.41, 5.74) is 5.33. The van der Waals surface area contributed by atoms with Crippen LogP contribution in [0.5, 0.6) is 0 Å². The number of phosphoric ester groups is 1. The van der Waals surface area contributed by atoms with Gasteiger partial charge in [-0.15, -0.1) is 0 Å². The fraction of sp³-hybridized carbons (Fsp3) is 0.857. The molecule has 4 unspecified atom stereocenters. The lowest BCUT2D eigenvalue weighted by Crippen LogP contribution is -2.46. The van der Waals surface area contributed by atoms with Crippen LogP contribution in [-0.4, -0.2) is 59.0 Å². The maximum atomic E-state index is 12.6. The van der Waals surface area contributed by atoms with Crippen molar-refractivity contribution in [2.45, 2.75) is 173 Å². The topological polar surface area (TPSA) is 151 Å². The third-order valence-electron chi connectivity index (χ3n) is 7.83. The van der Waals surface area contributed by atoms with Crippen molar-refractivity contribution in [3.8, 4) is 0 Å². The van der Waals surface area contributed by atoms with E-state index < -0.39 is 38.6 Å². The molecule has 0 aromatic carbocycles. The van der Waals surface area contributed by atoms with Crippen LogP contribution in [0.4, 0.5) is 0 Å². The Labute approximate surface area is 275 Å². The van der Waals surface area contributed by atoms with Gasteiger partial charge in [0.1, 0.15) is 0 Å². The predicted molar refractivity (Wildman–Crippen MR) is 186 cm³/mol. The first-order chi connectivity index (χ1) is 21.8. The van der Waals surface area contributed by atoms with Crippen LogP contribution in [0.25, 0.3) is 0 Å². The summed E-state index contributed by atoms with van der Waals surface area (Å²) in [6, 6.07) is -0.992. The first-order valence-electron chi connectivity index (χ1n) is 18.0. The highest BCUT2D eigenvalue weighted by molar-refractivity contribution is 7.47. The Hall–Kier alpha value is -1.06. The monoisotopic (exact) mass is 660 g/mol. The lowest BCUT2D eigenvalue weighted by molar-refractivity contribution is -0.124. The van der Waals surface area contributed by atoms with Gasteiger partial charge in [-0.05, 0) is 32.1 Å². The lowest BCUT2D eigenvalue weighted by atomic mass is 10.0. The molecule has 4 atom stereocenters. The molecule has 6 N–H and O–H groups in total. The molecule has 266 valence electrons. The number of carbonyl (C=O) groups excluding carboxylic acids is 1. The van der Waals surface area contributed by atoms with Crippen LogP contribution in [0.2, 0.25) is 0 Å². The summed E-state index contributed by atoms with van der Waals surface area (Å²) in [6.07, 6.45) is 30.0. The number of aliphatic hydroxyl groups is 2. The maximum absolute atomic E-state index is 12.6. The standard InChI is InChI=1S/C35H69N2O7P/c1-3-5-7-9-11-12-13-14-15-16-17-18-19-21-23-25-27-34(39)33(31-44-45(41,42)43-29-28-36)37-35(40)30-32(38)26-24-22-20-10-8-6-4-2/h18-19,25,27,32-34,38-39H,3-17,20-24,26,28-31,36H2,1-2H3,(H,37,40)(H,41,42)/b19-18+,27-25+. The molecule has 0 heterocycles. The number of carbonyl (C=O) groups is 1. The van der Waals surface area contributed by atoms with E-state index in [0.717, 1.165) is 32.1 Å². The number of unbranched alkanes of at least 4 members (excludes halogenated alkanes) is 17. The molecule has 9 nitrogen and oxygen atoms in total. The van der Waals surface area contributed by atoms with Gasteiger partial charge < -0.3 is 26.2 Å². The quantitative estimate of drug-likeness (QED) is 0.0270. The van der Waals surface area contributed by atoms with Crippen molar-refractivity contribution in [3.63, 3.8) is 0 Å². The minimum Gasteiger partial charge on any atom is -0.393 e. The average molecular weight is 661 g/mol. The first kappa shape index (κ1) is 43.9. The summed E-state index contributed by atoms with van der Waals surface area (Å²) in [6.45, 7) is 3.88. The highest BCUT2D eigenvalue weighted by Crippen LogP contribution is 2.43. The summed E-state index contributed by atoms with van der Waals surface area (Å²) >= 11 is 0. The smallest absolute Gasteiger partial charge is 0.393 e. The Balaban J connectivity index is 4.50. The van der Waals surface area contributed by atoms with Gasteiger partial charge in [0, 0.05) is 6.54 Å². The number of hydrogen-bond acceptors (Lipinski definition) is 7. The van der Waals surface area contributed by atoms with Gasteiger partial charge in [0.05, 0.1) is 37.9 Å². The van der Waals surface area contributed by atoms with Crippen molar-refractivity contribution in [2.75, 3.05) is 19.8 Å². The molecule has 0 aliphatic heterocycles. The number of nitrogens with two attached hydrogens (primary N) is 1. The van der Waals surface area contributed by atoms with E-state index in [0.29, 0.717) is 12.8 Å². The molecular formula is C35H69N2O7P. The van der Waals surface area contributed by atoms with Crippen molar-refractivity contribution >= 4 is 13.7 Å². The van der Waals surface area contributed by atoms with E-state index in [1.54, 1.807) is 6.08 Å². The molecule has 0 rings (SSSR count). The van der Waals surface area contributed by atoms with Crippen LogP contribution in [0.15, 0.2) is 24.3 Å². The van der Waals surface area contributed by atoms with Crippen molar-refractivity contribution in [1.82, 2.24) is 5.32 Å². The summed E-state index contributed by atoms with van der Waals surface area (Å²) < 4.78 is 21.9. The minimum atomic E-state index is -4.39. The predicted octanol–water partition coefficient (Wildman–Crippen LogP) is 8.02. The summed E-state index contributed by atoms with van der Waals surface area (Å²) in [5.74, 6) is -0.461. The van der Waals surface area contributed by atoms with Gasteiger partial charge in [0.25, 0.3) is 0 Å². The maximum Gasteiger partial charge on any atom is 0.472 e. The molecule has 0 bridgehead atoms. The summed E-state index contributed by atoms with van der Waals surface area (Å²) in [4.78, 5) is 22.5. The minimum absolute atomic E-state index is 0.0454. The Morgan fingerprint density at radius 3 is 1.84 bits per heavy atom. The van der Waals surface area contributed by atoms with Crippen LogP contribution < -0.4 is 11.1 Å². The molecule has 0 saturated carbocycles. The molecule has 0 aromatic heterocycles. The van der Waals surface area contributed by atoms with Crippen LogP contribution in [0.3, 0.4) is 0 Å². The Morgan fingerprint density at radius 2 is 1.27 bits per heavy atom. The fourth-order valence-electron chi connectivity index (χ4n) is 5.07. The van der Waals surface area contributed by atoms with E-state index in [4.69, 9.17) is 14.8 Å². The molecule has 0 spiro atoms. The Morgan fingerprint density at radius 1 is 0.756 bits per heavy atom. The molecule has 10 heteroatoms. The lowest BCUT2D eigenvalue weighted by Gasteiger charge is -2.24. The van der Waals surface area contributed by atoms with E-state index >= 15 is 0 Å². The molecule has 0 aliphatic carbocycles. The second-order valence-electron chi connectivity index (χ2n) is 12.3. The number of nitrogens with one attached hydrogen (secondary N) is 1. The van der Waals surface area contributed by atoms with Crippen LogP contribution in [0.1, 0.15) is 155 Å². The third kappa shape index (κ3) is 30.0. The number of aliphatic hydroxyl groups excluding tert-OH is 2. The molecule has 0 radical (unpaired) electrons. The largest absolute Gasteiger partial charge is 0.472 e. The number of allylic oxidation sites excluding steroid dienone is 3. The molecule has 0 fully saturated rings. The van der Waals surface area contributed by atoms with E-state index in [1.165, 1.54) is 89.9 Å². The second-order valence-corrected chi connectivity index (χ2v) is 13.7. The average Bonchev–Trinajstić information content (AvgIpc) is 3.01. The van der Waals surface area contributed by atoms with Crippen LogP contribution in [0, 0.1) is 0 Å². The van der Waals surface area contributed by atoms with Gasteiger partial charge >= 0.3 is 7.82 Å². The second kappa shape index (κ2) is 31.5. The van der Waals surface area contributed by atoms with Gasteiger partial charge in [0.2, 0.25) is 5.91 Å². The van der Waals surface area contributed by atoms with E-state index in [9.17, 15) is 24.5 Å². The number of rotatable bonds is 33.